The van der Waals surface area contributed by atoms with Gasteiger partial charge in [0, 0.05) is 27.5 Å². The van der Waals surface area contributed by atoms with Crippen molar-refractivity contribution < 1.29 is 4.42 Å². The molecule has 0 unspecified atom stereocenters. The Kier molecular flexibility index (Phi) is 8.12. The fourth-order valence-electron chi connectivity index (χ4n) is 7.38. The molecule has 10 aromatic rings. The van der Waals surface area contributed by atoms with E-state index in [0.717, 1.165) is 60.9 Å². The molecule has 55 heavy (non-hydrogen) atoms. The molecule has 8 aromatic carbocycles. The minimum absolute atomic E-state index is 0.586. The third-order valence-electron chi connectivity index (χ3n) is 10.1. The van der Waals surface area contributed by atoms with Gasteiger partial charge in [-0.05, 0) is 74.8 Å². The quantitative estimate of drug-likeness (QED) is 0.166. The SMILES string of the molecule is c1ccc(-c2ccc(-c3cccc(-c4cccc5oc6cc(-c7nc(-c8ccccc8)nc(-c8cccc(-c9ccccc9)c8)n7)ccc6c45)c3)cc2)cc1. The van der Waals surface area contributed by atoms with E-state index >= 15 is 0 Å². The van der Waals surface area contributed by atoms with Crippen molar-refractivity contribution in [1.29, 1.82) is 0 Å². The van der Waals surface area contributed by atoms with Gasteiger partial charge in [0.2, 0.25) is 0 Å². The van der Waals surface area contributed by atoms with Crippen LogP contribution in [0.2, 0.25) is 0 Å². The fraction of sp³-hybridized carbons (Fsp3) is 0. The smallest absolute Gasteiger partial charge is 0.164 e. The van der Waals surface area contributed by atoms with Crippen LogP contribution in [0.1, 0.15) is 0 Å². The minimum atomic E-state index is 0.586. The molecule has 258 valence electrons. The van der Waals surface area contributed by atoms with Crippen LogP contribution >= 0.6 is 0 Å². The van der Waals surface area contributed by atoms with E-state index in [-0.39, 0.29) is 0 Å². The molecule has 0 saturated heterocycles. The van der Waals surface area contributed by atoms with Crippen molar-refractivity contribution in [2.45, 2.75) is 0 Å². The van der Waals surface area contributed by atoms with Gasteiger partial charge in [-0.1, -0.05) is 170 Å². The maximum Gasteiger partial charge on any atom is 0.164 e. The van der Waals surface area contributed by atoms with Crippen LogP contribution in [0.3, 0.4) is 0 Å². The monoisotopic (exact) mass is 703 g/mol. The second-order valence-corrected chi connectivity index (χ2v) is 13.6. The third kappa shape index (κ3) is 6.26. The normalized spacial score (nSPS) is 11.3. The lowest BCUT2D eigenvalue weighted by Gasteiger charge is -2.10. The molecule has 0 radical (unpaired) electrons. The third-order valence-corrected chi connectivity index (χ3v) is 10.1. The zero-order valence-electron chi connectivity index (χ0n) is 29.8. The Morgan fingerprint density at radius 1 is 0.273 bits per heavy atom. The van der Waals surface area contributed by atoms with Crippen molar-refractivity contribution in [1.82, 2.24) is 15.0 Å². The molecule has 0 bridgehead atoms. The zero-order valence-corrected chi connectivity index (χ0v) is 29.8. The van der Waals surface area contributed by atoms with Gasteiger partial charge in [-0.3, -0.25) is 0 Å². The Morgan fingerprint density at radius 3 is 1.33 bits per heavy atom. The lowest BCUT2D eigenvalue weighted by molar-refractivity contribution is 0.669. The predicted molar refractivity (Wildman–Crippen MR) is 225 cm³/mol. The first kappa shape index (κ1) is 32.2. The summed E-state index contributed by atoms with van der Waals surface area (Å²) in [6.45, 7) is 0. The van der Waals surface area contributed by atoms with Crippen LogP contribution < -0.4 is 0 Å². The summed E-state index contributed by atoms with van der Waals surface area (Å²) in [6, 6.07) is 69.4. The van der Waals surface area contributed by atoms with Gasteiger partial charge in [0.15, 0.2) is 17.5 Å². The molecular formula is C51H33N3O. The molecular weight excluding hydrogens is 671 g/mol. The van der Waals surface area contributed by atoms with E-state index in [9.17, 15) is 0 Å². The lowest BCUT2D eigenvalue weighted by atomic mass is 9.95. The summed E-state index contributed by atoms with van der Waals surface area (Å²) < 4.78 is 6.57. The van der Waals surface area contributed by atoms with Crippen molar-refractivity contribution in [2.24, 2.45) is 0 Å². The number of rotatable bonds is 7. The molecule has 2 heterocycles. The summed E-state index contributed by atoms with van der Waals surface area (Å²) in [5.41, 5.74) is 13.6. The Hall–Kier alpha value is -7.43. The summed E-state index contributed by atoms with van der Waals surface area (Å²) in [6.07, 6.45) is 0. The number of hydrogen-bond donors (Lipinski definition) is 0. The van der Waals surface area contributed by atoms with E-state index in [1.165, 1.54) is 22.3 Å². The summed E-state index contributed by atoms with van der Waals surface area (Å²) in [5.74, 6) is 1.82. The van der Waals surface area contributed by atoms with Crippen molar-refractivity contribution in [3.63, 3.8) is 0 Å². The first-order valence-corrected chi connectivity index (χ1v) is 18.4. The fourth-order valence-corrected chi connectivity index (χ4v) is 7.38. The Morgan fingerprint density at radius 2 is 0.691 bits per heavy atom. The van der Waals surface area contributed by atoms with E-state index in [4.69, 9.17) is 19.4 Å². The van der Waals surface area contributed by atoms with Crippen molar-refractivity contribution in [2.75, 3.05) is 0 Å². The van der Waals surface area contributed by atoms with Crippen molar-refractivity contribution in [3.8, 4) is 78.7 Å². The Bertz CT molecular complexity index is 2950. The standard InChI is InChI=1S/C51H33N3O/c1-4-13-34(14-5-1)36-25-27-37(28-26-36)39-19-10-21-41(31-39)44-23-12-24-46-48(44)45-30-29-43(33-47(45)55-46)51-53-49(38-17-8-3-9-18-38)52-50(54-51)42-22-11-20-40(32-42)35-15-6-2-7-16-35/h1-33H. The van der Waals surface area contributed by atoms with Crippen molar-refractivity contribution in [3.05, 3.63) is 200 Å². The molecule has 0 fully saturated rings. The van der Waals surface area contributed by atoms with E-state index in [2.05, 4.69) is 152 Å². The predicted octanol–water partition coefficient (Wildman–Crippen LogP) is 13.4. The van der Waals surface area contributed by atoms with E-state index in [0.29, 0.717) is 17.5 Å². The van der Waals surface area contributed by atoms with Gasteiger partial charge < -0.3 is 4.42 Å². The van der Waals surface area contributed by atoms with Crippen LogP contribution in [0.5, 0.6) is 0 Å². The maximum absolute atomic E-state index is 6.57. The average molecular weight is 704 g/mol. The highest BCUT2D eigenvalue weighted by Crippen LogP contribution is 2.39. The first-order valence-electron chi connectivity index (χ1n) is 18.4. The molecule has 0 N–H and O–H groups in total. The van der Waals surface area contributed by atoms with Crippen LogP contribution in [0.15, 0.2) is 205 Å². The van der Waals surface area contributed by atoms with E-state index in [1.54, 1.807) is 0 Å². The van der Waals surface area contributed by atoms with Crippen LogP contribution in [0.25, 0.3) is 101 Å². The van der Waals surface area contributed by atoms with Gasteiger partial charge in [-0.25, -0.2) is 15.0 Å². The highest BCUT2D eigenvalue weighted by atomic mass is 16.3. The van der Waals surface area contributed by atoms with E-state index < -0.39 is 0 Å². The topological polar surface area (TPSA) is 51.8 Å². The molecule has 0 aliphatic carbocycles. The molecule has 2 aromatic heterocycles. The van der Waals surface area contributed by atoms with Gasteiger partial charge in [0.05, 0.1) is 0 Å². The van der Waals surface area contributed by atoms with Gasteiger partial charge in [0.25, 0.3) is 0 Å². The summed E-state index contributed by atoms with van der Waals surface area (Å²) >= 11 is 0. The highest BCUT2D eigenvalue weighted by molar-refractivity contribution is 6.13. The number of benzene rings is 8. The van der Waals surface area contributed by atoms with Crippen LogP contribution in [0.4, 0.5) is 0 Å². The molecule has 0 aliphatic rings. The molecule has 10 rings (SSSR count). The minimum Gasteiger partial charge on any atom is -0.456 e. The largest absolute Gasteiger partial charge is 0.456 e. The van der Waals surface area contributed by atoms with Crippen LogP contribution in [-0.2, 0) is 0 Å². The van der Waals surface area contributed by atoms with Crippen molar-refractivity contribution >= 4 is 21.9 Å². The molecule has 0 spiro atoms. The van der Waals surface area contributed by atoms with Gasteiger partial charge in [-0.15, -0.1) is 0 Å². The Balaban J connectivity index is 1.04. The van der Waals surface area contributed by atoms with E-state index in [1.807, 2.05) is 48.5 Å². The molecule has 4 heteroatoms. The number of furan rings is 1. The molecule has 4 nitrogen and oxygen atoms in total. The summed E-state index contributed by atoms with van der Waals surface area (Å²) in [7, 11) is 0. The number of fused-ring (bicyclic) bond motifs is 3. The van der Waals surface area contributed by atoms with Crippen LogP contribution in [0, 0.1) is 0 Å². The zero-order chi connectivity index (χ0) is 36.6. The average Bonchev–Trinajstić information content (AvgIpc) is 3.66. The highest BCUT2D eigenvalue weighted by Gasteiger charge is 2.17. The van der Waals surface area contributed by atoms with Crippen LogP contribution in [-0.4, -0.2) is 15.0 Å². The van der Waals surface area contributed by atoms with Gasteiger partial charge in [0.1, 0.15) is 11.2 Å². The molecule has 0 saturated carbocycles. The number of aromatic nitrogens is 3. The summed E-state index contributed by atoms with van der Waals surface area (Å²) in [4.78, 5) is 15.0. The number of hydrogen-bond acceptors (Lipinski definition) is 4. The van der Waals surface area contributed by atoms with Gasteiger partial charge in [-0.2, -0.15) is 0 Å². The second-order valence-electron chi connectivity index (χ2n) is 13.6. The maximum atomic E-state index is 6.57. The number of nitrogens with zero attached hydrogens (tertiary/aromatic N) is 3. The second kappa shape index (κ2) is 13.8. The molecule has 0 amide bonds. The first-order chi connectivity index (χ1) is 27.2. The lowest BCUT2D eigenvalue weighted by Crippen LogP contribution is -2.00. The van der Waals surface area contributed by atoms with Gasteiger partial charge >= 0.3 is 0 Å². The molecule has 0 atom stereocenters. The summed E-state index contributed by atoms with van der Waals surface area (Å²) in [5, 5.41) is 2.12. The Labute approximate surface area is 319 Å². The molecule has 0 aliphatic heterocycles.